The molecule has 0 aliphatic heterocycles. The Balaban J connectivity index is 2.59. The van der Waals surface area contributed by atoms with Crippen molar-refractivity contribution in [3.05, 3.63) is 46.5 Å². The summed E-state index contributed by atoms with van der Waals surface area (Å²) in [6.45, 7) is 11.4. The van der Waals surface area contributed by atoms with Crippen LogP contribution in [0.25, 0.3) is 15.8 Å². The summed E-state index contributed by atoms with van der Waals surface area (Å²) < 4.78 is 5.64. The number of benzene rings is 1. The van der Waals surface area contributed by atoms with E-state index in [1.807, 2.05) is 19.1 Å². The van der Waals surface area contributed by atoms with Gasteiger partial charge in [-0.15, -0.1) is 0 Å². The van der Waals surface area contributed by atoms with Gasteiger partial charge in [-0.05, 0) is 31.0 Å². The topological polar surface area (TPSA) is 17.5 Å². The minimum Gasteiger partial charge on any atom is -0.461 e. The molecule has 2 heteroatoms. The molecule has 1 aromatic heterocycles. The van der Waals surface area contributed by atoms with Crippen LogP contribution in [-0.2, 0) is 6.42 Å². The standard InChI is InChI=1S/C13H13NO/c1-9-10(2)15-12-6-4-5-11(13(9)12)7-8-14-3/h4-6H,7-8H2,1-2H3. The van der Waals surface area contributed by atoms with Crippen LogP contribution in [0.2, 0.25) is 0 Å². The number of nitrogens with zero attached hydrogens (tertiary/aromatic N) is 1. The van der Waals surface area contributed by atoms with Crippen LogP contribution in [0.15, 0.2) is 22.6 Å². The summed E-state index contributed by atoms with van der Waals surface area (Å²) in [5, 5.41) is 1.19. The molecule has 1 aromatic carbocycles. The lowest BCUT2D eigenvalue weighted by atomic mass is 10.0. The summed E-state index contributed by atoms with van der Waals surface area (Å²) in [6.07, 6.45) is 0.806. The van der Waals surface area contributed by atoms with E-state index >= 15 is 0 Å². The van der Waals surface area contributed by atoms with Gasteiger partial charge < -0.3 is 9.26 Å². The third-order valence-electron chi connectivity index (χ3n) is 2.77. The molecule has 0 saturated heterocycles. The van der Waals surface area contributed by atoms with E-state index in [0.29, 0.717) is 6.54 Å². The number of fused-ring (bicyclic) bond motifs is 1. The van der Waals surface area contributed by atoms with E-state index in [0.717, 1.165) is 17.8 Å². The number of aryl methyl sites for hydroxylation is 2. The molecule has 76 valence electrons. The van der Waals surface area contributed by atoms with Crippen molar-refractivity contribution in [2.75, 3.05) is 6.54 Å². The summed E-state index contributed by atoms with van der Waals surface area (Å²) in [5.41, 5.74) is 3.36. The average molecular weight is 199 g/mol. The average Bonchev–Trinajstić information content (AvgIpc) is 2.53. The normalized spacial score (nSPS) is 10.5. The van der Waals surface area contributed by atoms with Crippen LogP contribution in [-0.4, -0.2) is 6.54 Å². The molecule has 0 N–H and O–H groups in total. The Hall–Kier alpha value is -1.75. The van der Waals surface area contributed by atoms with Gasteiger partial charge in [0.2, 0.25) is 6.54 Å². The number of furan rings is 1. The first kappa shape index (κ1) is 9.79. The molecule has 0 amide bonds. The maximum atomic E-state index is 6.82. The molecule has 15 heavy (non-hydrogen) atoms. The quantitative estimate of drug-likeness (QED) is 0.676. The van der Waals surface area contributed by atoms with Crippen molar-refractivity contribution in [1.29, 1.82) is 0 Å². The van der Waals surface area contributed by atoms with Crippen LogP contribution in [0.5, 0.6) is 0 Å². The third-order valence-corrected chi connectivity index (χ3v) is 2.77. The summed E-state index contributed by atoms with van der Waals surface area (Å²) in [7, 11) is 0. The number of hydrogen-bond acceptors (Lipinski definition) is 1. The second-order valence-electron chi connectivity index (χ2n) is 3.71. The van der Waals surface area contributed by atoms with Gasteiger partial charge >= 0.3 is 0 Å². The van der Waals surface area contributed by atoms with Gasteiger partial charge in [0.15, 0.2) is 0 Å². The van der Waals surface area contributed by atoms with Crippen molar-refractivity contribution in [3.8, 4) is 0 Å². The molecular weight excluding hydrogens is 186 g/mol. The fraction of sp³-hybridized carbons (Fsp3) is 0.308. The summed E-state index contributed by atoms with van der Waals surface area (Å²) >= 11 is 0. The Morgan fingerprint density at radius 2 is 2.13 bits per heavy atom. The lowest BCUT2D eigenvalue weighted by molar-refractivity contribution is 0.575. The van der Waals surface area contributed by atoms with Gasteiger partial charge in [-0.2, -0.15) is 0 Å². The van der Waals surface area contributed by atoms with E-state index in [4.69, 9.17) is 11.0 Å². The Kier molecular flexibility index (Phi) is 2.47. The summed E-state index contributed by atoms with van der Waals surface area (Å²) in [5.74, 6) is 0.972. The van der Waals surface area contributed by atoms with E-state index < -0.39 is 0 Å². The van der Waals surface area contributed by atoms with E-state index in [9.17, 15) is 0 Å². The molecule has 0 saturated carbocycles. The SMILES string of the molecule is [C-]#[N+]CCc1cccc2oc(C)c(C)c12. The zero-order valence-corrected chi connectivity index (χ0v) is 9.00. The van der Waals surface area contributed by atoms with E-state index in [-0.39, 0.29) is 0 Å². The number of rotatable bonds is 2. The van der Waals surface area contributed by atoms with Gasteiger partial charge in [0.05, 0.1) is 0 Å². The molecule has 0 unspecified atom stereocenters. The molecule has 0 spiro atoms. The van der Waals surface area contributed by atoms with Gasteiger partial charge in [0.1, 0.15) is 11.3 Å². The second-order valence-corrected chi connectivity index (χ2v) is 3.71. The van der Waals surface area contributed by atoms with Gasteiger partial charge in [-0.3, -0.25) is 0 Å². The summed E-state index contributed by atoms with van der Waals surface area (Å²) in [6, 6.07) is 6.05. The van der Waals surface area contributed by atoms with E-state index in [2.05, 4.69) is 17.8 Å². The first-order valence-corrected chi connectivity index (χ1v) is 5.05. The van der Waals surface area contributed by atoms with Gasteiger partial charge in [-0.1, -0.05) is 12.1 Å². The van der Waals surface area contributed by atoms with Crippen LogP contribution < -0.4 is 0 Å². The van der Waals surface area contributed by atoms with Crippen LogP contribution in [0.1, 0.15) is 16.9 Å². The van der Waals surface area contributed by atoms with Gasteiger partial charge in [0.25, 0.3) is 0 Å². The predicted molar refractivity (Wildman–Crippen MR) is 60.9 cm³/mol. The molecule has 2 aromatic rings. The van der Waals surface area contributed by atoms with Crippen LogP contribution in [0.4, 0.5) is 0 Å². The Morgan fingerprint density at radius 1 is 1.33 bits per heavy atom. The smallest absolute Gasteiger partial charge is 0.218 e. The fourth-order valence-corrected chi connectivity index (χ4v) is 1.89. The molecule has 0 fully saturated rings. The van der Waals surface area contributed by atoms with Crippen LogP contribution in [0, 0.1) is 20.4 Å². The highest BCUT2D eigenvalue weighted by Gasteiger charge is 2.10. The van der Waals surface area contributed by atoms with Crippen molar-refractivity contribution < 1.29 is 4.42 Å². The zero-order valence-electron chi connectivity index (χ0n) is 9.00. The van der Waals surface area contributed by atoms with Gasteiger partial charge in [0, 0.05) is 11.8 Å². The van der Waals surface area contributed by atoms with Crippen LogP contribution in [0.3, 0.4) is 0 Å². The molecule has 0 aliphatic rings. The Labute approximate surface area is 89.3 Å². The highest BCUT2D eigenvalue weighted by atomic mass is 16.3. The predicted octanol–water partition coefficient (Wildman–Crippen LogP) is 3.51. The van der Waals surface area contributed by atoms with Crippen molar-refractivity contribution in [2.24, 2.45) is 0 Å². The maximum Gasteiger partial charge on any atom is 0.218 e. The third kappa shape index (κ3) is 1.61. The molecular formula is C13H13NO. The lowest BCUT2D eigenvalue weighted by Gasteiger charge is -1.98. The monoisotopic (exact) mass is 199 g/mol. The molecule has 2 rings (SSSR count). The van der Waals surface area contributed by atoms with Gasteiger partial charge in [-0.25, -0.2) is 6.57 Å². The lowest BCUT2D eigenvalue weighted by Crippen LogP contribution is -1.89. The minimum atomic E-state index is 0.544. The number of hydrogen-bond donors (Lipinski definition) is 0. The highest BCUT2D eigenvalue weighted by molar-refractivity contribution is 5.85. The highest BCUT2D eigenvalue weighted by Crippen LogP contribution is 2.28. The summed E-state index contributed by atoms with van der Waals surface area (Å²) in [4.78, 5) is 3.39. The molecule has 0 radical (unpaired) electrons. The molecule has 2 nitrogen and oxygen atoms in total. The molecule has 0 atom stereocenters. The first-order valence-electron chi connectivity index (χ1n) is 5.05. The van der Waals surface area contributed by atoms with Crippen molar-refractivity contribution in [1.82, 2.24) is 0 Å². The molecule has 1 heterocycles. The van der Waals surface area contributed by atoms with Crippen molar-refractivity contribution >= 4 is 11.0 Å². The van der Waals surface area contributed by atoms with Crippen molar-refractivity contribution in [2.45, 2.75) is 20.3 Å². The Morgan fingerprint density at radius 3 is 2.87 bits per heavy atom. The second kappa shape index (κ2) is 3.78. The van der Waals surface area contributed by atoms with Crippen molar-refractivity contribution in [3.63, 3.8) is 0 Å². The zero-order chi connectivity index (χ0) is 10.8. The molecule has 0 bridgehead atoms. The fourth-order valence-electron chi connectivity index (χ4n) is 1.89. The van der Waals surface area contributed by atoms with E-state index in [1.54, 1.807) is 0 Å². The first-order chi connectivity index (χ1) is 7.24. The largest absolute Gasteiger partial charge is 0.461 e. The van der Waals surface area contributed by atoms with E-state index in [1.165, 1.54) is 16.5 Å². The minimum absolute atomic E-state index is 0.544. The Bertz CT molecular complexity index is 531. The van der Waals surface area contributed by atoms with Crippen LogP contribution >= 0.6 is 0 Å². The maximum absolute atomic E-state index is 6.82. The molecule has 0 aliphatic carbocycles.